The number of hydrogen-bond acceptors (Lipinski definition) is 1. The molecule has 1 aliphatic rings. The van der Waals surface area contributed by atoms with Crippen molar-refractivity contribution in [2.45, 2.75) is 31.8 Å². The third kappa shape index (κ3) is 2.79. The van der Waals surface area contributed by atoms with Gasteiger partial charge in [0.1, 0.15) is 5.82 Å². The zero-order chi connectivity index (χ0) is 14.1. The lowest BCUT2D eigenvalue weighted by Crippen LogP contribution is -2.04. The van der Waals surface area contributed by atoms with Gasteiger partial charge in [0, 0.05) is 10.9 Å². The van der Waals surface area contributed by atoms with E-state index in [0.29, 0.717) is 12.0 Å². The van der Waals surface area contributed by atoms with Gasteiger partial charge < -0.3 is 5.11 Å². The maximum absolute atomic E-state index is 13.7. The minimum absolute atomic E-state index is 0.270. The zero-order valence-corrected chi connectivity index (χ0v) is 12.7. The predicted molar refractivity (Wildman–Crippen MR) is 81.2 cm³/mol. The Balaban J connectivity index is 1.82. The van der Waals surface area contributed by atoms with Crippen LogP contribution in [0.3, 0.4) is 0 Å². The van der Waals surface area contributed by atoms with Gasteiger partial charge in [-0.05, 0) is 59.7 Å². The second-order valence-corrected chi connectivity index (χ2v) is 6.25. The quantitative estimate of drug-likeness (QED) is 0.884. The van der Waals surface area contributed by atoms with Gasteiger partial charge in [-0.1, -0.05) is 34.1 Å². The minimum Gasteiger partial charge on any atom is -0.388 e. The molecule has 0 aromatic heterocycles. The van der Waals surface area contributed by atoms with Crippen molar-refractivity contribution in [1.82, 2.24) is 0 Å². The number of aliphatic hydroxyl groups is 1. The number of aryl methyl sites for hydroxylation is 2. The van der Waals surface area contributed by atoms with E-state index in [4.69, 9.17) is 0 Å². The summed E-state index contributed by atoms with van der Waals surface area (Å²) in [5.74, 6) is -0.270. The normalized spacial score (nSPS) is 15.2. The van der Waals surface area contributed by atoms with E-state index in [2.05, 4.69) is 28.1 Å². The summed E-state index contributed by atoms with van der Waals surface area (Å²) in [6.45, 7) is 0. The van der Waals surface area contributed by atoms with E-state index in [1.807, 2.05) is 6.07 Å². The molecular weight excluding hydrogens is 319 g/mol. The van der Waals surface area contributed by atoms with Gasteiger partial charge in [0.25, 0.3) is 0 Å². The minimum atomic E-state index is -0.662. The van der Waals surface area contributed by atoms with E-state index < -0.39 is 6.10 Å². The van der Waals surface area contributed by atoms with Gasteiger partial charge in [-0.3, -0.25) is 0 Å². The van der Waals surface area contributed by atoms with Crippen molar-refractivity contribution in [3.8, 4) is 0 Å². The Kier molecular flexibility index (Phi) is 3.90. The molecule has 0 fully saturated rings. The van der Waals surface area contributed by atoms with Crippen molar-refractivity contribution in [3.05, 3.63) is 68.9 Å². The van der Waals surface area contributed by atoms with Crippen LogP contribution in [0.5, 0.6) is 0 Å². The van der Waals surface area contributed by atoms with Gasteiger partial charge in [0.15, 0.2) is 0 Å². The first-order valence-electron chi connectivity index (χ1n) is 6.87. The highest BCUT2D eigenvalue weighted by Gasteiger charge is 2.16. The van der Waals surface area contributed by atoms with Gasteiger partial charge in [-0.25, -0.2) is 4.39 Å². The van der Waals surface area contributed by atoms with Crippen molar-refractivity contribution < 1.29 is 9.50 Å². The monoisotopic (exact) mass is 334 g/mol. The van der Waals surface area contributed by atoms with Crippen LogP contribution in [0.2, 0.25) is 0 Å². The molecule has 0 spiro atoms. The molecule has 1 N–H and O–H groups in total. The SMILES string of the molecule is OC(Cc1cc(Br)ccc1F)c1ccc2c(c1)CCC2. The van der Waals surface area contributed by atoms with Crippen molar-refractivity contribution in [3.63, 3.8) is 0 Å². The summed E-state index contributed by atoms with van der Waals surface area (Å²) in [5, 5.41) is 10.3. The zero-order valence-electron chi connectivity index (χ0n) is 11.1. The molecule has 0 saturated heterocycles. The molecule has 20 heavy (non-hydrogen) atoms. The van der Waals surface area contributed by atoms with E-state index in [-0.39, 0.29) is 5.82 Å². The van der Waals surface area contributed by atoms with Gasteiger partial charge >= 0.3 is 0 Å². The fourth-order valence-corrected chi connectivity index (χ4v) is 3.23. The molecule has 1 aliphatic carbocycles. The Morgan fingerprint density at radius 3 is 2.75 bits per heavy atom. The topological polar surface area (TPSA) is 20.2 Å². The van der Waals surface area contributed by atoms with Gasteiger partial charge in [-0.2, -0.15) is 0 Å². The van der Waals surface area contributed by atoms with Crippen LogP contribution in [0.4, 0.5) is 4.39 Å². The highest BCUT2D eigenvalue weighted by Crippen LogP contribution is 2.28. The molecule has 0 heterocycles. The summed E-state index contributed by atoms with van der Waals surface area (Å²) in [5.41, 5.74) is 4.13. The first kappa shape index (κ1) is 13.8. The fraction of sp³-hybridized carbons (Fsp3) is 0.294. The molecule has 104 valence electrons. The largest absolute Gasteiger partial charge is 0.388 e. The summed E-state index contributed by atoms with van der Waals surface area (Å²) < 4.78 is 14.6. The summed E-state index contributed by atoms with van der Waals surface area (Å²) in [7, 11) is 0. The average molecular weight is 335 g/mol. The Hall–Kier alpha value is -1.19. The maximum atomic E-state index is 13.7. The van der Waals surface area contributed by atoms with Crippen molar-refractivity contribution in [2.24, 2.45) is 0 Å². The highest BCUT2D eigenvalue weighted by atomic mass is 79.9. The number of rotatable bonds is 3. The van der Waals surface area contributed by atoms with E-state index >= 15 is 0 Å². The standard InChI is InChI=1S/C17H16BrFO/c18-15-6-7-16(19)14(9-15)10-17(20)13-5-4-11-2-1-3-12(11)8-13/h4-9,17,20H,1-3,10H2. The maximum Gasteiger partial charge on any atom is 0.126 e. The van der Waals surface area contributed by atoms with Gasteiger partial charge in [0.2, 0.25) is 0 Å². The van der Waals surface area contributed by atoms with Crippen LogP contribution in [0, 0.1) is 5.82 Å². The van der Waals surface area contributed by atoms with Crippen LogP contribution in [0.1, 0.15) is 34.8 Å². The lowest BCUT2D eigenvalue weighted by atomic mass is 9.98. The molecule has 3 heteroatoms. The lowest BCUT2D eigenvalue weighted by Gasteiger charge is -2.13. The number of fused-ring (bicyclic) bond motifs is 1. The number of aliphatic hydroxyl groups excluding tert-OH is 1. The van der Waals surface area contributed by atoms with E-state index in [9.17, 15) is 9.50 Å². The third-order valence-electron chi connectivity index (χ3n) is 3.93. The van der Waals surface area contributed by atoms with Crippen molar-refractivity contribution >= 4 is 15.9 Å². The summed E-state index contributed by atoms with van der Waals surface area (Å²) in [4.78, 5) is 0. The summed E-state index contributed by atoms with van der Waals surface area (Å²) in [6, 6.07) is 11.0. The first-order chi connectivity index (χ1) is 9.63. The molecule has 0 radical (unpaired) electrons. The van der Waals surface area contributed by atoms with Gasteiger partial charge in [0.05, 0.1) is 6.10 Å². The molecule has 0 bridgehead atoms. The Morgan fingerprint density at radius 2 is 1.90 bits per heavy atom. The third-order valence-corrected chi connectivity index (χ3v) is 4.42. The van der Waals surface area contributed by atoms with Crippen LogP contribution >= 0.6 is 15.9 Å². The van der Waals surface area contributed by atoms with E-state index in [1.54, 1.807) is 12.1 Å². The molecule has 2 aromatic rings. The fourth-order valence-electron chi connectivity index (χ4n) is 2.82. The predicted octanol–water partition coefficient (Wildman–Crippen LogP) is 4.35. The van der Waals surface area contributed by atoms with E-state index in [0.717, 1.165) is 22.9 Å². The smallest absolute Gasteiger partial charge is 0.126 e. The molecule has 1 atom stereocenters. The van der Waals surface area contributed by atoms with Crippen LogP contribution < -0.4 is 0 Å². The molecule has 0 aliphatic heterocycles. The van der Waals surface area contributed by atoms with Gasteiger partial charge in [-0.15, -0.1) is 0 Å². The number of halogens is 2. The van der Waals surface area contributed by atoms with Crippen LogP contribution in [-0.2, 0) is 19.3 Å². The molecule has 0 amide bonds. The van der Waals surface area contributed by atoms with Crippen LogP contribution in [0.25, 0.3) is 0 Å². The Labute approximate surface area is 126 Å². The Bertz CT molecular complexity index is 639. The number of benzene rings is 2. The molecule has 1 nitrogen and oxygen atoms in total. The molecule has 3 rings (SSSR count). The molecule has 2 aromatic carbocycles. The Morgan fingerprint density at radius 1 is 1.10 bits per heavy atom. The average Bonchev–Trinajstić information content (AvgIpc) is 2.90. The van der Waals surface area contributed by atoms with Crippen molar-refractivity contribution in [1.29, 1.82) is 0 Å². The number of hydrogen-bond donors (Lipinski definition) is 1. The first-order valence-corrected chi connectivity index (χ1v) is 7.66. The lowest BCUT2D eigenvalue weighted by molar-refractivity contribution is 0.177. The molecule has 0 saturated carbocycles. The van der Waals surface area contributed by atoms with Crippen LogP contribution in [0.15, 0.2) is 40.9 Å². The van der Waals surface area contributed by atoms with Crippen molar-refractivity contribution in [2.75, 3.05) is 0 Å². The second kappa shape index (κ2) is 5.66. The second-order valence-electron chi connectivity index (χ2n) is 5.34. The van der Waals surface area contributed by atoms with E-state index in [1.165, 1.54) is 23.6 Å². The van der Waals surface area contributed by atoms with Crippen LogP contribution in [-0.4, -0.2) is 5.11 Å². The molecule has 1 unspecified atom stereocenters. The highest BCUT2D eigenvalue weighted by molar-refractivity contribution is 9.10. The summed E-state index contributed by atoms with van der Waals surface area (Å²) in [6.07, 6.45) is 3.04. The summed E-state index contributed by atoms with van der Waals surface area (Å²) >= 11 is 3.33. The molecular formula is C17H16BrFO.